The lowest BCUT2D eigenvalue weighted by atomic mass is 10.3. The summed E-state index contributed by atoms with van der Waals surface area (Å²) in [6.45, 7) is 1.60. The lowest BCUT2D eigenvalue weighted by Crippen LogP contribution is -2.18. The summed E-state index contributed by atoms with van der Waals surface area (Å²) >= 11 is 1.68. The molecule has 0 unspecified atom stereocenters. The summed E-state index contributed by atoms with van der Waals surface area (Å²) in [4.78, 5) is 8.43. The van der Waals surface area contributed by atoms with Crippen LogP contribution in [0.2, 0.25) is 0 Å². The van der Waals surface area contributed by atoms with Crippen molar-refractivity contribution < 1.29 is 0 Å². The molecule has 0 aliphatic carbocycles. The molecule has 3 N–H and O–H groups in total. The van der Waals surface area contributed by atoms with E-state index in [4.69, 9.17) is 5.73 Å². The minimum absolute atomic E-state index is 0.706. The van der Waals surface area contributed by atoms with Crippen molar-refractivity contribution >= 4 is 17.0 Å². The summed E-state index contributed by atoms with van der Waals surface area (Å²) in [5.41, 5.74) is 7.43. The average molecular weight is 234 g/mol. The molecule has 0 radical (unpaired) electrons. The van der Waals surface area contributed by atoms with Crippen molar-refractivity contribution in [1.82, 2.24) is 15.3 Å². The average Bonchev–Trinajstić information content (AvgIpc) is 2.79. The Morgan fingerprint density at radius 3 is 3.00 bits per heavy atom. The van der Waals surface area contributed by atoms with Crippen molar-refractivity contribution in [2.45, 2.75) is 13.0 Å². The molecule has 5 heteroatoms. The van der Waals surface area contributed by atoms with E-state index in [1.165, 1.54) is 0 Å². The lowest BCUT2D eigenvalue weighted by molar-refractivity contribution is 0.675. The van der Waals surface area contributed by atoms with Crippen LogP contribution in [0.4, 0.5) is 5.69 Å². The second-order valence-electron chi connectivity index (χ2n) is 3.39. The number of aromatic nitrogens is 2. The first-order valence-electron chi connectivity index (χ1n) is 5.15. The van der Waals surface area contributed by atoms with Gasteiger partial charge in [0.05, 0.1) is 16.4 Å². The van der Waals surface area contributed by atoms with Gasteiger partial charge >= 0.3 is 0 Å². The molecular formula is C11H14N4S. The van der Waals surface area contributed by atoms with Crippen molar-refractivity contribution in [3.63, 3.8) is 0 Å². The van der Waals surface area contributed by atoms with Crippen molar-refractivity contribution in [3.8, 4) is 0 Å². The third kappa shape index (κ3) is 3.01. The van der Waals surface area contributed by atoms with Gasteiger partial charge in [-0.3, -0.25) is 4.98 Å². The quantitative estimate of drug-likeness (QED) is 0.769. The van der Waals surface area contributed by atoms with Crippen LogP contribution in [0.5, 0.6) is 0 Å². The van der Waals surface area contributed by atoms with Crippen LogP contribution in [-0.4, -0.2) is 16.5 Å². The van der Waals surface area contributed by atoms with Gasteiger partial charge in [-0.2, -0.15) is 0 Å². The van der Waals surface area contributed by atoms with E-state index in [0.29, 0.717) is 6.54 Å². The highest BCUT2D eigenvalue weighted by Crippen LogP contribution is 2.06. The van der Waals surface area contributed by atoms with Gasteiger partial charge in [-0.15, -0.1) is 11.3 Å². The second kappa shape index (κ2) is 5.58. The Kier molecular flexibility index (Phi) is 3.85. The summed E-state index contributed by atoms with van der Waals surface area (Å²) in [5, 5.41) is 6.45. The van der Waals surface area contributed by atoms with Crippen LogP contribution in [0.25, 0.3) is 0 Å². The van der Waals surface area contributed by atoms with Gasteiger partial charge in [-0.1, -0.05) is 0 Å². The number of rotatable bonds is 5. The number of hydrogen-bond donors (Lipinski definition) is 2. The highest BCUT2D eigenvalue weighted by Gasteiger charge is 1.99. The largest absolute Gasteiger partial charge is 0.397 e. The first-order chi connectivity index (χ1) is 7.86. The molecule has 2 rings (SSSR count). The maximum atomic E-state index is 5.78. The molecule has 0 fully saturated rings. The van der Waals surface area contributed by atoms with E-state index < -0.39 is 0 Å². The number of nitrogen functional groups attached to an aromatic ring is 1. The van der Waals surface area contributed by atoms with Gasteiger partial charge in [0.2, 0.25) is 0 Å². The second-order valence-corrected chi connectivity index (χ2v) is 4.37. The first-order valence-corrected chi connectivity index (χ1v) is 6.02. The van der Waals surface area contributed by atoms with Gasteiger partial charge < -0.3 is 11.1 Å². The summed E-state index contributed by atoms with van der Waals surface area (Å²) in [5.74, 6) is 0. The Labute approximate surface area is 98.6 Å². The molecule has 4 nitrogen and oxygen atoms in total. The topological polar surface area (TPSA) is 63.8 Å². The van der Waals surface area contributed by atoms with Crippen LogP contribution in [0.3, 0.4) is 0 Å². The van der Waals surface area contributed by atoms with Gasteiger partial charge in [0.25, 0.3) is 0 Å². The predicted octanol–water partition coefficient (Wildman–Crippen LogP) is 1.45. The van der Waals surface area contributed by atoms with E-state index in [-0.39, 0.29) is 0 Å². The number of nitrogens with one attached hydrogen (secondary N) is 1. The molecule has 0 amide bonds. The molecule has 0 atom stereocenters. The summed E-state index contributed by atoms with van der Waals surface area (Å²) in [6, 6.07) is 3.71. The van der Waals surface area contributed by atoms with Crippen LogP contribution >= 0.6 is 11.3 Å². The number of pyridine rings is 1. The molecule has 2 aromatic heterocycles. The zero-order valence-corrected chi connectivity index (χ0v) is 9.70. The molecule has 0 saturated heterocycles. The molecule has 0 bridgehead atoms. The first kappa shape index (κ1) is 11.0. The third-order valence-corrected chi connectivity index (χ3v) is 3.06. The van der Waals surface area contributed by atoms with Gasteiger partial charge in [-0.05, 0) is 12.1 Å². The lowest BCUT2D eigenvalue weighted by Gasteiger charge is -2.05. The molecule has 84 valence electrons. The summed E-state index contributed by atoms with van der Waals surface area (Å²) in [7, 11) is 0. The van der Waals surface area contributed by atoms with Crippen molar-refractivity contribution in [1.29, 1.82) is 0 Å². The summed E-state index contributed by atoms with van der Waals surface area (Å²) in [6.07, 6.45) is 4.54. The standard InChI is InChI=1S/C11H14N4S/c12-9-2-1-4-14-10(9)8-13-5-3-11-15-6-7-16-11/h1-2,4,6-7,13H,3,5,8,12H2. The third-order valence-electron chi connectivity index (χ3n) is 2.22. The molecule has 0 spiro atoms. The monoisotopic (exact) mass is 234 g/mol. The van der Waals surface area contributed by atoms with Crippen LogP contribution in [0, 0.1) is 0 Å². The number of nitrogens with two attached hydrogens (primary N) is 1. The predicted molar refractivity (Wildman–Crippen MR) is 66.2 cm³/mol. The maximum absolute atomic E-state index is 5.78. The summed E-state index contributed by atoms with van der Waals surface area (Å²) < 4.78 is 0. The molecule has 2 heterocycles. The maximum Gasteiger partial charge on any atom is 0.0937 e. The number of anilines is 1. The normalized spacial score (nSPS) is 10.5. The van der Waals surface area contributed by atoms with Gasteiger partial charge in [0, 0.05) is 37.3 Å². The van der Waals surface area contributed by atoms with Crippen LogP contribution in [0.1, 0.15) is 10.7 Å². The zero-order valence-electron chi connectivity index (χ0n) is 8.89. The highest BCUT2D eigenvalue weighted by molar-refractivity contribution is 7.09. The van der Waals surface area contributed by atoms with Crippen molar-refractivity contribution in [3.05, 3.63) is 40.6 Å². The molecule has 0 aliphatic rings. The SMILES string of the molecule is Nc1cccnc1CNCCc1nccs1. The number of nitrogens with zero attached hydrogens (tertiary/aromatic N) is 2. The van der Waals surface area contributed by atoms with E-state index in [9.17, 15) is 0 Å². The van der Waals surface area contributed by atoms with Crippen molar-refractivity contribution in [2.75, 3.05) is 12.3 Å². The van der Waals surface area contributed by atoms with E-state index in [1.807, 2.05) is 23.7 Å². The fraction of sp³-hybridized carbons (Fsp3) is 0.273. The van der Waals surface area contributed by atoms with Crippen LogP contribution in [0.15, 0.2) is 29.9 Å². The van der Waals surface area contributed by atoms with E-state index >= 15 is 0 Å². The Balaban J connectivity index is 1.74. The Hall–Kier alpha value is -1.46. The van der Waals surface area contributed by atoms with Crippen molar-refractivity contribution in [2.24, 2.45) is 0 Å². The molecule has 16 heavy (non-hydrogen) atoms. The fourth-order valence-corrected chi connectivity index (χ4v) is 2.00. The Morgan fingerprint density at radius 2 is 2.25 bits per heavy atom. The van der Waals surface area contributed by atoms with E-state index in [0.717, 1.165) is 29.4 Å². The van der Waals surface area contributed by atoms with E-state index in [1.54, 1.807) is 17.5 Å². The van der Waals surface area contributed by atoms with Crippen LogP contribution in [-0.2, 0) is 13.0 Å². The molecule has 0 aromatic carbocycles. The highest BCUT2D eigenvalue weighted by atomic mass is 32.1. The molecule has 0 saturated carbocycles. The molecule has 0 aliphatic heterocycles. The molecular weight excluding hydrogens is 220 g/mol. The van der Waals surface area contributed by atoms with Gasteiger partial charge in [0.1, 0.15) is 0 Å². The minimum Gasteiger partial charge on any atom is -0.397 e. The van der Waals surface area contributed by atoms with E-state index in [2.05, 4.69) is 15.3 Å². The minimum atomic E-state index is 0.706. The van der Waals surface area contributed by atoms with Gasteiger partial charge in [-0.25, -0.2) is 4.98 Å². The van der Waals surface area contributed by atoms with Crippen LogP contribution < -0.4 is 11.1 Å². The smallest absolute Gasteiger partial charge is 0.0937 e. The zero-order chi connectivity index (χ0) is 11.2. The Morgan fingerprint density at radius 1 is 1.31 bits per heavy atom. The fourth-order valence-electron chi connectivity index (χ4n) is 1.38. The number of hydrogen-bond acceptors (Lipinski definition) is 5. The Bertz CT molecular complexity index is 427. The van der Waals surface area contributed by atoms with Gasteiger partial charge in [0.15, 0.2) is 0 Å². The number of thiazole rings is 1. The molecule has 2 aromatic rings.